The summed E-state index contributed by atoms with van der Waals surface area (Å²) < 4.78 is 29.4. The summed E-state index contributed by atoms with van der Waals surface area (Å²) >= 11 is 0. The highest BCUT2D eigenvalue weighted by molar-refractivity contribution is 6.00. The van der Waals surface area contributed by atoms with Crippen LogP contribution in [0.2, 0.25) is 0 Å². The van der Waals surface area contributed by atoms with Gasteiger partial charge >= 0.3 is 0 Å². The molecule has 1 aliphatic heterocycles. The van der Waals surface area contributed by atoms with Crippen LogP contribution in [0.5, 0.6) is 0 Å². The van der Waals surface area contributed by atoms with Crippen LogP contribution in [0.15, 0.2) is 67.0 Å². The van der Waals surface area contributed by atoms with Crippen LogP contribution in [0.1, 0.15) is 48.6 Å². The van der Waals surface area contributed by atoms with Crippen LogP contribution in [-0.4, -0.2) is 51.6 Å². The van der Waals surface area contributed by atoms with Gasteiger partial charge in [-0.2, -0.15) is 0 Å². The van der Waals surface area contributed by atoms with E-state index < -0.39 is 41.6 Å². The summed E-state index contributed by atoms with van der Waals surface area (Å²) in [6.45, 7) is 4.01. The van der Waals surface area contributed by atoms with E-state index in [1.54, 1.807) is 31.6 Å². The Morgan fingerprint density at radius 3 is 2.32 bits per heavy atom. The molecule has 3 aromatic rings. The van der Waals surface area contributed by atoms with Crippen LogP contribution in [0.25, 0.3) is 0 Å². The first-order valence-corrected chi connectivity index (χ1v) is 13.9. The van der Waals surface area contributed by atoms with Crippen molar-refractivity contribution in [1.82, 2.24) is 20.1 Å². The van der Waals surface area contributed by atoms with E-state index >= 15 is 4.39 Å². The molecule has 3 amide bonds. The predicted molar refractivity (Wildman–Crippen MR) is 149 cm³/mol. The number of fused-ring (bicyclic) bond motifs is 1. The number of hydrogen-bond donors (Lipinski definition) is 1. The van der Waals surface area contributed by atoms with Gasteiger partial charge in [0.05, 0.1) is 0 Å². The average Bonchev–Trinajstić information content (AvgIpc) is 3.37. The minimum Gasteiger partial charge on any atom is -0.342 e. The van der Waals surface area contributed by atoms with Crippen molar-refractivity contribution in [1.29, 1.82) is 0 Å². The molecule has 1 fully saturated rings. The average molecular weight is 561 g/mol. The molecule has 0 bridgehead atoms. The number of pyridine rings is 1. The number of carbonyl (C=O) groups excluding carboxylic acids is 3. The SMILES string of the molecule is CC(C)C[C@@H]1C(=O)NC(C2Cc3ccccc3C2)C(=O)N1[C@@H](C(=O)N(C)Cc1ccncc1)c1ccc(F)cc1F. The number of likely N-dealkylation sites (N-methyl/N-ethyl adjacent to an activating group) is 1. The highest BCUT2D eigenvalue weighted by Gasteiger charge is 2.50. The van der Waals surface area contributed by atoms with E-state index in [0.29, 0.717) is 18.9 Å². The number of nitrogens with one attached hydrogen (secondary N) is 1. The fourth-order valence-corrected chi connectivity index (χ4v) is 6.05. The molecular formula is C32H34F2N4O3. The lowest BCUT2D eigenvalue weighted by atomic mass is 9.87. The van der Waals surface area contributed by atoms with Crippen LogP contribution >= 0.6 is 0 Å². The molecule has 2 aliphatic rings. The predicted octanol–water partition coefficient (Wildman–Crippen LogP) is 4.22. The lowest BCUT2D eigenvalue weighted by Crippen LogP contribution is -2.67. The van der Waals surface area contributed by atoms with Gasteiger partial charge in [0, 0.05) is 37.6 Å². The van der Waals surface area contributed by atoms with Crippen molar-refractivity contribution in [2.75, 3.05) is 7.05 Å². The number of aromatic nitrogens is 1. The van der Waals surface area contributed by atoms with Crippen molar-refractivity contribution in [3.8, 4) is 0 Å². The maximum atomic E-state index is 15.4. The van der Waals surface area contributed by atoms with Gasteiger partial charge in [-0.25, -0.2) is 8.78 Å². The zero-order valence-corrected chi connectivity index (χ0v) is 23.4. The van der Waals surface area contributed by atoms with Gasteiger partial charge in [0.2, 0.25) is 17.7 Å². The molecule has 41 heavy (non-hydrogen) atoms. The fraction of sp³-hybridized carbons (Fsp3) is 0.375. The highest BCUT2D eigenvalue weighted by atomic mass is 19.1. The Morgan fingerprint density at radius 2 is 1.71 bits per heavy atom. The molecule has 9 heteroatoms. The van der Waals surface area contributed by atoms with Gasteiger partial charge in [-0.3, -0.25) is 19.4 Å². The van der Waals surface area contributed by atoms with Gasteiger partial charge in [-0.1, -0.05) is 44.2 Å². The number of halogens is 2. The van der Waals surface area contributed by atoms with E-state index in [4.69, 9.17) is 0 Å². The van der Waals surface area contributed by atoms with E-state index in [-0.39, 0.29) is 36.3 Å². The zero-order chi connectivity index (χ0) is 29.3. The third-order valence-corrected chi connectivity index (χ3v) is 8.02. The molecule has 0 saturated carbocycles. The Bertz CT molecular complexity index is 1420. The topological polar surface area (TPSA) is 82.6 Å². The van der Waals surface area contributed by atoms with E-state index in [1.165, 1.54) is 15.9 Å². The maximum Gasteiger partial charge on any atom is 0.250 e. The van der Waals surface area contributed by atoms with Gasteiger partial charge in [0.15, 0.2) is 0 Å². The fourth-order valence-electron chi connectivity index (χ4n) is 6.05. The van der Waals surface area contributed by atoms with Crippen LogP contribution < -0.4 is 5.32 Å². The van der Waals surface area contributed by atoms with Crippen LogP contribution in [-0.2, 0) is 33.8 Å². The minimum atomic E-state index is -1.46. The van der Waals surface area contributed by atoms with E-state index in [2.05, 4.69) is 10.3 Å². The van der Waals surface area contributed by atoms with Gasteiger partial charge in [-0.15, -0.1) is 0 Å². The molecule has 2 heterocycles. The zero-order valence-electron chi connectivity index (χ0n) is 23.4. The number of benzene rings is 2. The Hall–Kier alpha value is -4.14. The molecule has 1 saturated heterocycles. The Morgan fingerprint density at radius 1 is 1.05 bits per heavy atom. The quantitative estimate of drug-likeness (QED) is 0.448. The van der Waals surface area contributed by atoms with Crippen molar-refractivity contribution in [2.45, 2.75) is 57.8 Å². The second-order valence-corrected chi connectivity index (χ2v) is 11.4. The van der Waals surface area contributed by atoms with Gasteiger partial charge in [0.25, 0.3) is 0 Å². The van der Waals surface area contributed by atoms with Gasteiger partial charge < -0.3 is 15.1 Å². The van der Waals surface area contributed by atoms with Gasteiger partial charge in [0.1, 0.15) is 29.8 Å². The molecule has 1 unspecified atom stereocenters. The minimum absolute atomic E-state index is 0.00306. The molecule has 0 spiro atoms. The van der Waals surface area contributed by atoms with Crippen molar-refractivity contribution in [3.63, 3.8) is 0 Å². The largest absolute Gasteiger partial charge is 0.342 e. The lowest BCUT2D eigenvalue weighted by molar-refractivity contribution is -0.160. The first-order chi connectivity index (χ1) is 19.6. The summed E-state index contributed by atoms with van der Waals surface area (Å²) in [6.07, 6.45) is 4.68. The van der Waals surface area contributed by atoms with E-state index in [1.807, 2.05) is 38.1 Å². The molecule has 1 N–H and O–H groups in total. The molecule has 1 aromatic heterocycles. The van der Waals surface area contributed by atoms with Crippen molar-refractivity contribution in [2.24, 2.45) is 11.8 Å². The monoisotopic (exact) mass is 560 g/mol. The maximum absolute atomic E-state index is 15.4. The number of piperazine rings is 1. The lowest BCUT2D eigenvalue weighted by Gasteiger charge is -2.45. The second-order valence-electron chi connectivity index (χ2n) is 11.4. The summed E-state index contributed by atoms with van der Waals surface area (Å²) in [4.78, 5) is 49.0. The van der Waals surface area contributed by atoms with Crippen LogP contribution in [0, 0.1) is 23.5 Å². The number of rotatable bonds is 8. The third kappa shape index (κ3) is 5.85. The molecular weight excluding hydrogens is 526 g/mol. The molecule has 3 atom stereocenters. The highest BCUT2D eigenvalue weighted by Crippen LogP contribution is 2.36. The molecule has 214 valence electrons. The van der Waals surface area contributed by atoms with E-state index in [0.717, 1.165) is 22.8 Å². The summed E-state index contributed by atoms with van der Waals surface area (Å²) in [5.41, 5.74) is 2.87. The van der Waals surface area contributed by atoms with E-state index in [9.17, 15) is 18.8 Å². The number of nitrogens with zero attached hydrogens (tertiary/aromatic N) is 3. The first-order valence-electron chi connectivity index (χ1n) is 13.9. The summed E-state index contributed by atoms with van der Waals surface area (Å²) in [6, 6.07) is 11.0. The molecule has 2 aromatic carbocycles. The molecule has 1 aliphatic carbocycles. The first kappa shape index (κ1) is 28.4. The summed E-state index contributed by atoms with van der Waals surface area (Å²) in [7, 11) is 1.56. The Kier molecular flexibility index (Phi) is 8.15. The van der Waals surface area contributed by atoms with Crippen molar-refractivity contribution < 1.29 is 23.2 Å². The number of carbonyl (C=O) groups is 3. The smallest absolute Gasteiger partial charge is 0.250 e. The second kappa shape index (κ2) is 11.8. The Labute approximate surface area is 238 Å². The number of amides is 3. The third-order valence-electron chi connectivity index (χ3n) is 8.02. The van der Waals surface area contributed by atoms with Crippen LogP contribution in [0.4, 0.5) is 8.78 Å². The van der Waals surface area contributed by atoms with Crippen LogP contribution in [0.3, 0.4) is 0 Å². The normalized spacial score (nSPS) is 19.7. The standard InChI is InChI=1S/C32H34F2N4O3/c1-19(2)14-27-30(39)36-28(23-15-21-6-4-5-7-22(21)16-23)31(40)38(27)29(25-9-8-24(33)17-26(25)34)32(41)37(3)18-20-10-12-35-13-11-20/h4-13,17,19,23,27-29H,14-16,18H2,1-3H3,(H,36,39)/t27-,28?,29-/m1/s1. The number of hydrogen-bond acceptors (Lipinski definition) is 4. The van der Waals surface area contributed by atoms with Crippen molar-refractivity contribution in [3.05, 3.63) is 101 Å². The summed E-state index contributed by atoms with van der Waals surface area (Å²) in [5, 5.41) is 2.95. The Balaban J connectivity index is 1.56. The van der Waals surface area contributed by atoms with Crippen molar-refractivity contribution >= 4 is 17.7 Å². The molecule has 5 rings (SSSR count). The molecule has 7 nitrogen and oxygen atoms in total. The molecule has 0 radical (unpaired) electrons. The van der Waals surface area contributed by atoms with Gasteiger partial charge in [-0.05, 0) is 66.0 Å². The summed E-state index contributed by atoms with van der Waals surface area (Å²) in [5.74, 6) is -3.36.